The number of rotatable bonds is 7. The highest BCUT2D eigenvalue weighted by Gasteiger charge is 2.26. The molecule has 3 rings (SSSR count). The zero-order valence-corrected chi connectivity index (χ0v) is 17.9. The summed E-state index contributed by atoms with van der Waals surface area (Å²) in [5, 5.41) is 0.398. The highest BCUT2D eigenvalue weighted by atomic mass is 35.5. The number of hydrogen-bond acceptors (Lipinski definition) is 4. The van der Waals surface area contributed by atoms with Gasteiger partial charge in [0.05, 0.1) is 11.5 Å². The predicted molar refractivity (Wildman–Crippen MR) is 112 cm³/mol. The Hall–Kier alpha value is -1.61. The SMILES string of the molecule is CCCS(=O)(=O)N1CCc2ccc(NS(=O)(=O)Cc3ccccc3Cl)cc2C1. The van der Waals surface area contributed by atoms with Crippen molar-refractivity contribution in [2.45, 2.75) is 32.1 Å². The summed E-state index contributed by atoms with van der Waals surface area (Å²) in [6.07, 6.45) is 1.18. The third-order valence-electron chi connectivity index (χ3n) is 4.62. The van der Waals surface area contributed by atoms with Crippen molar-refractivity contribution in [1.82, 2.24) is 4.31 Å². The summed E-state index contributed by atoms with van der Waals surface area (Å²) in [5.74, 6) is -0.118. The summed E-state index contributed by atoms with van der Waals surface area (Å²) >= 11 is 6.06. The van der Waals surface area contributed by atoms with Crippen molar-refractivity contribution in [2.24, 2.45) is 0 Å². The average Bonchev–Trinajstić information content (AvgIpc) is 2.62. The molecule has 0 radical (unpaired) electrons. The minimum Gasteiger partial charge on any atom is -0.283 e. The molecule has 1 aliphatic rings. The van der Waals surface area contributed by atoms with Gasteiger partial charge in [-0.15, -0.1) is 0 Å². The summed E-state index contributed by atoms with van der Waals surface area (Å²) in [4.78, 5) is 0. The topological polar surface area (TPSA) is 83.6 Å². The summed E-state index contributed by atoms with van der Waals surface area (Å²) in [5.41, 5.74) is 2.80. The van der Waals surface area contributed by atoms with Crippen LogP contribution in [0.3, 0.4) is 0 Å². The third-order valence-corrected chi connectivity index (χ3v) is 8.24. The highest BCUT2D eigenvalue weighted by Crippen LogP contribution is 2.26. The number of nitrogens with zero attached hydrogens (tertiary/aromatic N) is 1. The second-order valence-electron chi connectivity index (χ2n) is 6.84. The number of sulfonamides is 2. The molecule has 1 heterocycles. The van der Waals surface area contributed by atoms with Crippen LogP contribution in [0.5, 0.6) is 0 Å². The molecular formula is C19H23ClN2O4S2. The lowest BCUT2D eigenvalue weighted by Crippen LogP contribution is -2.37. The van der Waals surface area contributed by atoms with Crippen molar-refractivity contribution in [2.75, 3.05) is 17.0 Å². The maximum atomic E-state index is 12.5. The lowest BCUT2D eigenvalue weighted by molar-refractivity contribution is 0.391. The molecule has 0 amide bonds. The molecule has 0 saturated heterocycles. The van der Waals surface area contributed by atoms with Crippen molar-refractivity contribution in [3.05, 3.63) is 64.2 Å². The number of hydrogen-bond donors (Lipinski definition) is 1. The summed E-state index contributed by atoms with van der Waals surface area (Å²) in [6, 6.07) is 12.1. The zero-order valence-electron chi connectivity index (χ0n) is 15.6. The molecule has 6 nitrogen and oxygen atoms in total. The van der Waals surface area contributed by atoms with E-state index in [0.29, 0.717) is 35.7 Å². The summed E-state index contributed by atoms with van der Waals surface area (Å²) < 4.78 is 53.8. The van der Waals surface area contributed by atoms with E-state index in [0.717, 1.165) is 11.1 Å². The van der Waals surface area contributed by atoms with Gasteiger partial charge in [-0.2, -0.15) is 4.31 Å². The number of anilines is 1. The van der Waals surface area contributed by atoms with E-state index < -0.39 is 20.0 Å². The standard InChI is InChI=1S/C19H23ClN2O4S2/c1-2-11-28(25,26)22-10-9-15-7-8-18(12-17(15)13-22)21-27(23,24)14-16-5-3-4-6-19(16)20/h3-8,12,21H,2,9-11,13-14H2,1H3. The fourth-order valence-corrected chi connectivity index (χ4v) is 6.24. The molecule has 2 aromatic carbocycles. The lowest BCUT2D eigenvalue weighted by atomic mass is 10.0. The summed E-state index contributed by atoms with van der Waals surface area (Å²) in [6.45, 7) is 2.55. The van der Waals surface area contributed by atoms with E-state index in [1.165, 1.54) is 4.31 Å². The van der Waals surface area contributed by atoms with Crippen molar-refractivity contribution < 1.29 is 16.8 Å². The molecule has 0 bridgehead atoms. The Morgan fingerprint density at radius 1 is 1.07 bits per heavy atom. The zero-order chi connectivity index (χ0) is 20.4. The van der Waals surface area contributed by atoms with Gasteiger partial charge in [-0.3, -0.25) is 4.72 Å². The van der Waals surface area contributed by atoms with Crippen LogP contribution in [0.2, 0.25) is 5.02 Å². The minimum atomic E-state index is -3.65. The molecular weight excluding hydrogens is 420 g/mol. The molecule has 0 aliphatic carbocycles. The molecule has 28 heavy (non-hydrogen) atoms. The van der Waals surface area contributed by atoms with Crippen LogP contribution < -0.4 is 4.72 Å². The third kappa shape index (κ3) is 5.05. The maximum Gasteiger partial charge on any atom is 0.236 e. The Morgan fingerprint density at radius 2 is 1.82 bits per heavy atom. The molecule has 0 unspecified atom stereocenters. The molecule has 0 atom stereocenters. The van der Waals surface area contributed by atoms with Crippen LogP contribution in [-0.2, 0) is 38.8 Å². The van der Waals surface area contributed by atoms with Gasteiger partial charge in [0.2, 0.25) is 20.0 Å². The quantitative estimate of drug-likeness (QED) is 0.712. The molecule has 152 valence electrons. The molecule has 1 aliphatic heterocycles. The Labute approximate surface area is 171 Å². The van der Waals surface area contributed by atoms with Gasteiger partial charge in [-0.1, -0.05) is 42.8 Å². The second-order valence-corrected chi connectivity index (χ2v) is 11.1. The van der Waals surface area contributed by atoms with E-state index >= 15 is 0 Å². The molecule has 0 aromatic heterocycles. The molecule has 0 fully saturated rings. The molecule has 0 spiro atoms. The number of halogens is 1. The molecule has 0 saturated carbocycles. The predicted octanol–water partition coefficient (Wildman–Crippen LogP) is 3.38. The normalized spacial score (nSPS) is 15.2. The van der Waals surface area contributed by atoms with Crippen molar-refractivity contribution in [3.63, 3.8) is 0 Å². The largest absolute Gasteiger partial charge is 0.283 e. The Kier molecular flexibility index (Phi) is 6.34. The number of nitrogens with one attached hydrogen (secondary N) is 1. The van der Waals surface area contributed by atoms with Crippen LogP contribution in [0.4, 0.5) is 5.69 Å². The number of benzene rings is 2. The fraction of sp³-hybridized carbons (Fsp3) is 0.368. The van der Waals surface area contributed by atoms with Gasteiger partial charge in [-0.25, -0.2) is 16.8 Å². The first kappa shape index (κ1) is 21.1. The van der Waals surface area contributed by atoms with Crippen LogP contribution >= 0.6 is 11.6 Å². The first-order chi connectivity index (χ1) is 13.2. The van der Waals surface area contributed by atoms with Crippen molar-refractivity contribution in [1.29, 1.82) is 0 Å². The van der Waals surface area contributed by atoms with E-state index in [1.54, 1.807) is 36.4 Å². The summed E-state index contributed by atoms with van der Waals surface area (Å²) in [7, 11) is -6.94. The Balaban J connectivity index is 1.78. The second kappa shape index (κ2) is 8.41. The lowest BCUT2D eigenvalue weighted by Gasteiger charge is -2.28. The van der Waals surface area contributed by atoms with E-state index in [4.69, 9.17) is 11.6 Å². The average molecular weight is 443 g/mol. The van der Waals surface area contributed by atoms with E-state index in [9.17, 15) is 16.8 Å². The van der Waals surface area contributed by atoms with Crippen molar-refractivity contribution >= 4 is 37.3 Å². The van der Waals surface area contributed by atoms with Gasteiger partial charge < -0.3 is 0 Å². The van der Waals surface area contributed by atoms with Gasteiger partial charge in [0.15, 0.2) is 0 Å². The maximum absolute atomic E-state index is 12.5. The van der Waals surface area contributed by atoms with Crippen LogP contribution in [0, 0.1) is 0 Å². The van der Waals surface area contributed by atoms with Gasteiger partial charge in [0.1, 0.15) is 0 Å². The van der Waals surface area contributed by atoms with Gasteiger partial charge >= 0.3 is 0 Å². The first-order valence-corrected chi connectivity index (χ1v) is 12.7. The molecule has 9 heteroatoms. The fourth-order valence-electron chi connectivity index (χ4n) is 3.25. The van der Waals surface area contributed by atoms with Crippen molar-refractivity contribution in [3.8, 4) is 0 Å². The van der Waals surface area contributed by atoms with Gasteiger partial charge in [-0.05, 0) is 47.7 Å². The Morgan fingerprint density at radius 3 is 2.54 bits per heavy atom. The Bertz CT molecular complexity index is 1070. The van der Waals surface area contributed by atoms with Crippen LogP contribution in [0.25, 0.3) is 0 Å². The van der Waals surface area contributed by atoms with Crippen LogP contribution in [0.1, 0.15) is 30.0 Å². The minimum absolute atomic E-state index is 0.118. The van der Waals surface area contributed by atoms with Crippen LogP contribution in [-0.4, -0.2) is 33.4 Å². The van der Waals surface area contributed by atoms with E-state index in [-0.39, 0.29) is 18.1 Å². The van der Waals surface area contributed by atoms with E-state index in [1.807, 2.05) is 13.0 Å². The smallest absolute Gasteiger partial charge is 0.236 e. The highest BCUT2D eigenvalue weighted by molar-refractivity contribution is 7.92. The van der Waals surface area contributed by atoms with Gasteiger partial charge in [0.25, 0.3) is 0 Å². The first-order valence-electron chi connectivity index (χ1n) is 9.04. The van der Waals surface area contributed by atoms with Gasteiger partial charge in [0, 0.05) is 23.8 Å². The molecule has 2 aromatic rings. The van der Waals surface area contributed by atoms with E-state index in [2.05, 4.69) is 4.72 Å². The molecule has 1 N–H and O–H groups in total. The monoisotopic (exact) mass is 442 g/mol. The van der Waals surface area contributed by atoms with Crippen LogP contribution in [0.15, 0.2) is 42.5 Å². The number of fused-ring (bicyclic) bond motifs is 1.